The number of methoxy groups -OCH3 is 1. The number of carbonyl (C=O) groups is 1. The van der Waals surface area contributed by atoms with Crippen molar-refractivity contribution in [3.8, 4) is 17.6 Å². The van der Waals surface area contributed by atoms with Crippen LogP contribution in [0.5, 0.6) is 11.5 Å². The Bertz CT molecular complexity index is 1320. The van der Waals surface area contributed by atoms with Gasteiger partial charge in [-0.1, -0.05) is 18.2 Å². The molecule has 0 atom stereocenters. The molecule has 0 aliphatic rings. The molecule has 3 aromatic carbocycles. The lowest BCUT2D eigenvalue weighted by Gasteiger charge is -2.14. The van der Waals surface area contributed by atoms with Gasteiger partial charge in [-0.2, -0.15) is 18.4 Å². The van der Waals surface area contributed by atoms with Crippen LogP contribution >= 0.6 is 22.6 Å². The molecular formula is C25H17F4IN2O3. The van der Waals surface area contributed by atoms with E-state index >= 15 is 0 Å². The van der Waals surface area contributed by atoms with E-state index in [1.54, 1.807) is 24.3 Å². The van der Waals surface area contributed by atoms with Crippen molar-refractivity contribution in [1.29, 1.82) is 5.26 Å². The zero-order chi connectivity index (χ0) is 25.6. The summed E-state index contributed by atoms with van der Waals surface area (Å²) in [5.41, 5.74) is -0.302. The maximum atomic E-state index is 13.4. The molecule has 0 spiro atoms. The highest BCUT2D eigenvalue weighted by atomic mass is 127. The number of hydrogen-bond donors (Lipinski definition) is 1. The normalized spacial score (nSPS) is 11.5. The van der Waals surface area contributed by atoms with Gasteiger partial charge < -0.3 is 14.8 Å². The Morgan fingerprint density at radius 3 is 2.54 bits per heavy atom. The molecule has 1 N–H and O–H groups in total. The molecule has 0 aliphatic carbocycles. The summed E-state index contributed by atoms with van der Waals surface area (Å²) < 4.78 is 63.9. The van der Waals surface area contributed by atoms with Gasteiger partial charge in [0.2, 0.25) is 0 Å². The predicted octanol–water partition coefficient (Wildman–Crippen LogP) is 6.58. The van der Waals surface area contributed by atoms with Crippen LogP contribution in [0.3, 0.4) is 0 Å². The SMILES string of the molecule is COc1cc(/C=C(\C#N)C(=O)Nc2cccc(C(F)(F)F)c2)cc(I)c1OCc1cccc(F)c1. The lowest BCUT2D eigenvalue weighted by atomic mass is 10.1. The van der Waals surface area contributed by atoms with E-state index in [4.69, 9.17) is 9.47 Å². The minimum atomic E-state index is -4.57. The Labute approximate surface area is 212 Å². The lowest BCUT2D eigenvalue weighted by Crippen LogP contribution is -2.14. The second kappa shape index (κ2) is 11.2. The molecule has 10 heteroatoms. The van der Waals surface area contributed by atoms with Crippen molar-refractivity contribution >= 4 is 40.3 Å². The molecule has 180 valence electrons. The monoisotopic (exact) mass is 596 g/mol. The first kappa shape index (κ1) is 26.0. The van der Waals surface area contributed by atoms with Crippen LogP contribution in [0, 0.1) is 20.7 Å². The van der Waals surface area contributed by atoms with Crippen molar-refractivity contribution < 1.29 is 31.8 Å². The average Bonchev–Trinajstić information content (AvgIpc) is 2.81. The van der Waals surface area contributed by atoms with Gasteiger partial charge in [0.1, 0.15) is 24.1 Å². The van der Waals surface area contributed by atoms with Crippen molar-refractivity contribution in [1.82, 2.24) is 0 Å². The highest BCUT2D eigenvalue weighted by Gasteiger charge is 2.30. The number of nitriles is 1. The molecule has 0 aromatic heterocycles. The van der Waals surface area contributed by atoms with Gasteiger partial charge in [-0.15, -0.1) is 0 Å². The van der Waals surface area contributed by atoms with Crippen LogP contribution in [0.15, 0.2) is 66.2 Å². The van der Waals surface area contributed by atoms with Crippen LogP contribution in [-0.2, 0) is 17.6 Å². The van der Waals surface area contributed by atoms with Gasteiger partial charge in [0.05, 0.1) is 16.2 Å². The van der Waals surface area contributed by atoms with Crippen LogP contribution in [0.25, 0.3) is 6.08 Å². The molecule has 0 saturated carbocycles. The summed E-state index contributed by atoms with van der Waals surface area (Å²) in [4.78, 5) is 12.5. The minimum Gasteiger partial charge on any atom is -0.493 e. The molecule has 5 nitrogen and oxygen atoms in total. The van der Waals surface area contributed by atoms with E-state index in [0.717, 1.165) is 18.2 Å². The fourth-order valence-electron chi connectivity index (χ4n) is 3.03. The van der Waals surface area contributed by atoms with E-state index in [2.05, 4.69) is 5.32 Å². The molecule has 3 rings (SSSR count). The van der Waals surface area contributed by atoms with Crippen LogP contribution < -0.4 is 14.8 Å². The topological polar surface area (TPSA) is 71.3 Å². The van der Waals surface area contributed by atoms with Gasteiger partial charge in [0, 0.05) is 5.69 Å². The zero-order valence-corrected chi connectivity index (χ0v) is 20.3. The number of ether oxygens (including phenoxy) is 2. The smallest absolute Gasteiger partial charge is 0.416 e. The molecular weight excluding hydrogens is 579 g/mol. The van der Waals surface area contributed by atoms with E-state index in [1.165, 1.54) is 37.5 Å². The highest BCUT2D eigenvalue weighted by molar-refractivity contribution is 14.1. The van der Waals surface area contributed by atoms with E-state index in [1.807, 2.05) is 22.6 Å². The second-order valence-electron chi connectivity index (χ2n) is 7.16. The van der Waals surface area contributed by atoms with Crippen LogP contribution in [0.1, 0.15) is 16.7 Å². The van der Waals surface area contributed by atoms with E-state index in [9.17, 15) is 27.6 Å². The second-order valence-corrected chi connectivity index (χ2v) is 8.32. The van der Waals surface area contributed by atoms with E-state index in [0.29, 0.717) is 26.2 Å². The summed E-state index contributed by atoms with van der Waals surface area (Å²) in [7, 11) is 1.42. The highest BCUT2D eigenvalue weighted by Crippen LogP contribution is 2.35. The molecule has 0 unspecified atom stereocenters. The number of carbonyl (C=O) groups excluding carboxylic acids is 1. The van der Waals surface area contributed by atoms with Gasteiger partial charge in [-0.3, -0.25) is 4.79 Å². The summed E-state index contributed by atoms with van der Waals surface area (Å²) in [5, 5.41) is 11.8. The van der Waals surface area contributed by atoms with Crippen LogP contribution in [0.2, 0.25) is 0 Å². The first-order valence-corrected chi connectivity index (χ1v) is 11.0. The molecule has 3 aromatic rings. The number of rotatable bonds is 7. The number of nitrogens with zero attached hydrogens (tertiary/aromatic N) is 1. The Balaban J connectivity index is 1.82. The standard InChI is InChI=1S/C25H17F4IN2O3/c1-34-22-11-16(10-21(30)23(22)35-14-15-4-2-6-19(26)9-15)8-17(13-31)24(33)32-20-7-3-5-18(12-20)25(27,28)29/h2-12H,14H2,1H3,(H,32,33)/b17-8+. The van der Waals surface area contributed by atoms with Gasteiger partial charge in [-0.25, -0.2) is 4.39 Å². The fourth-order valence-corrected chi connectivity index (χ4v) is 3.81. The molecule has 0 heterocycles. The summed E-state index contributed by atoms with van der Waals surface area (Å²) >= 11 is 1.99. The quantitative estimate of drug-likeness (QED) is 0.145. The first-order valence-electron chi connectivity index (χ1n) is 9.96. The number of hydrogen-bond acceptors (Lipinski definition) is 4. The van der Waals surface area contributed by atoms with E-state index < -0.39 is 17.6 Å². The third-order valence-corrected chi connectivity index (χ3v) is 5.45. The van der Waals surface area contributed by atoms with Crippen molar-refractivity contribution in [2.45, 2.75) is 12.8 Å². The van der Waals surface area contributed by atoms with Gasteiger partial charge >= 0.3 is 6.18 Å². The Morgan fingerprint density at radius 1 is 1.14 bits per heavy atom. The molecule has 0 radical (unpaired) electrons. The Morgan fingerprint density at radius 2 is 1.89 bits per heavy atom. The van der Waals surface area contributed by atoms with Gasteiger partial charge in [0.25, 0.3) is 5.91 Å². The Kier molecular flexibility index (Phi) is 8.34. The van der Waals surface area contributed by atoms with Crippen LogP contribution in [-0.4, -0.2) is 13.0 Å². The number of amides is 1. The molecule has 0 fully saturated rings. The fraction of sp³-hybridized carbons (Fsp3) is 0.120. The maximum Gasteiger partial charge on any atom is 0.416 e. The number of alkyl halides is 3. The number of halogens is 5. The third-order valence-electron chi connectivity index (χ3n) is 4.65. The van der Waals surface area contributed by atoms with Crippen molar-refractivity contribution in [3.63, 3.8) is 0 Å². The molecule has 35 heavy (non-hydrogen) atoms. The average molecular weight is 596 g/mol. The Hall–Kier alpha value is -3.59. The van der Waals surface area contributed by atoms with Gasteiger partial charge in [-0.05, 0) is 82.3 Å². The predicted molar refractivity (Wildman–Crippen MR) is 130 cm³/mol. The molecule has 0 aliphatic heterocycles. The molecule has 0 bridgehead atoms. The largest absolute Gasteiger partial charge is 0.493 e. The number of anilines is 1. The number of benzene rings is 3. The first-order chi connectivity index (χ1) is 16.6. The molecule has 0 saturated heterocycles. The van der Waals surface area contributed by atoms with Crippen molar-refractivity contribution in [2.24, 2.45) is 0 Å². The van der Waals surface area contributed by atoms with Gasteiger partial charge in [0.15, 0.2) is 11.5 Å². The van der Waals surface area contributed by atoms with Crippen LogP contribution in [0.4, 0.5) is 23.2 Å². The zero-order valence-electron chi connectivity index (χ0n) is 18.1. The van der Waals surface area contributed by atoms with Crippen molar-refractivity contribution in [2.75, 3.05) is 12.4 Å². The van der Waals surface area contributed by atoms with Crippen molar-refractivity contribution in [3.05, 3.63) is 92.3 Å². The number of nitrogens with one attached hydrogen (secondary N) is 1. The summed E-state index contributed by atoms with van der Waals surface area (Å²) in [6.45, 7) is 0.0855. The lowest BCUT2D eigenvalue weighted by molar-refractivity contribution is -0.137. The maximum absolute atomic E-state index is 13.4. The van der Waals surface area contributed by atoms with E-state index in [-0.39, 0.29) is 23.7 Å². The summed E-state index contributed by atoms with van der Waals surface area (Å²) in [5.74, 6) is -0.551. The molecule has 1 amide bonds. The third kappa shape index (κ3) is 6.95. The minimum absolute atomic E-state index is 0.0855. The summed E-state index contributed by atoms with van der Waals surface area (Å²) in [6.07, 6.45) is -3.29. The summed E-state index contributed by atoms with van der Waals surface area (Å²) in [6, 6.07) is 15.0.